The van der Waals surface area contributed by atoms with Crippen LogP contribution in [0.15, 0.2) is 54.7 Å². The quantitative estimate of drug-likeness (QED) is 0.328. The van der Waals surface area contributed by atoms with E-state index in [-0.39, 0.29) is 17.2 Å². The molecule has 4 N–H and O–H groups in total. The molecule has 0 aliphatic heterocycles. The summed E-state index contributed by atoms with van der Waals surface area (Å²) < 4.78 is 5.53. The molecule has 0 radical (unpaired) electrons. The van der Waals surface area contributed by atoms with E-state index in [4.69, 9.17) is 10.5 Å². The van der Waals surface area contributed by atoms with Gasteiger partial charge in [-0.25, -0.2) is 4.98 Å². The molecule has 0 saturated carbocycles. The molecule has 198 valence electrons. The molecule has 2 amide bonds. The number of nitrogens with two attached hydrogens (primary N) is 1. The lowest BCUT2D eigenvalue weighted by Crippen LogP contribution is -2.39. The van der Waals surface area contributed by atoms with Crippen molar-refractivity contribution in [1.29, 1.82) is 0 Å². The number of benzene rings is 2. The average molecular weight is 515 g/mol. The first-order chi connectivity index (χ1) is 18.0. The second-order valence-corrected chi connectivity index (χ2v) is 10.7. The zero-order valence-electron chi connectivity index (χ0n) is 22.6. The second-order valence-electron chi connectivity index (χ2n) is 10.7. The van der Waals surface area contributed by atoms with Crippen LogP contribution in [0.3, 0.4) is 0 Å². The maximum absolute atomic E-state index is 13.1. The molecule has 2 aromatic heterocycles. The van der Waals surface area contributed by atoms with Crippen LogP contribution in [0.1, 0.15) is 37.6 Å². The van der Waals surface area contributed by atoms with E-state index in [1.807, 2.05) is 57.2 Å². The molecule has 38 heavy (non-hydrogen) atoms. The molecule has 4 rings (SSSR count). The van der Waals surface area contributed by atoms with E-state index in [2.05, 4.69) is 20.5 Å². The predicted molar refractivity (Wildman–Crippen MR) is 150 cm³/mol. The number of anilines is 1. The van der Waals surface area contributed by atoms with Gasteiger partial charge in [0.05, 0.1) is 24.4 Å². The Kier molecular flexibility index (Phi) is 7.50. The van der Waals surface area contributed by atoms with Crippen LogP contribution in [0.2, 0.25) is 0 Å². The Labute approximate surface area is 222 Å². The fourth-order valence-corrected chi connectivity index (χ4v) is 4.34. The Morgan fingerprint density at radius 2 is 1.84 bits per heavy atom. The Bertz CT molecular complexity index is 1490. The molecule has 0 spiro atoms. The molecule has 0 fully saturated rings. The Hall–Kier alpha value is -4.24. The van der Waals surface area contributed by atoms with Gasteiger partial charge < -0.3 is 20.7 Å². The molecule has 2 aromatic carbocycles. The normalized spacial score (nSPS) is 12.3. The predicted octanol–water partition coefficient (Wildman–Crippen LogP) is 4.70. The van der Waals surface area contributed by atoms with Crippen LogP contribution >= 0.6 is 0 Å². The van der Waals surface area contributed by atoms with Crippen LogP contribution < -0.4 is 15.8 Å². The fourth-order valence-electron chi connectivity index (χ4n) is 4.34. The number of nitrogens with one attached hydrogen (secondary N) is 2. The number of aromatic nitrogens is 3. The monoisotopic (exact) mass is 514 g/mol. The van der Waals surface area contributed by atoms with Crippen LogP contribution in [-0.2, 0) is 4.79 Å². The smallest absolute Gasteiger partial charge is 0.255 e. The van der Waals surface area contributed by atoms with Crippen LogP contribution in [-0.4, -0.2) is 59.1 Å². The largest absolute Gasteiger partial charge is 0.496 e. The van der Waals surface area contributed by atoms with Crippen LogP contribution in [0.25, 0.3) is 33.4 Å². The number of fused-ring (bicyclic) bond motifs is 1. The van der Waals surface area contributed by atoms with Crippen molar-refractivity contribution in [3.8, 4) is 28.1 Å². The number of H-pyrrole nitrogens is 1. The van der Waals surface area contributed by atoms with Crippen molar-refractivity contribution in [2.45, 2.75) is 33.2 Å². The minimum atomic E-state index is -0.696. The molecule has 0 saturated heterocycles. The molecular weight excluding hydrogens is 480 g/mol. The average Bonchev–Trinajstić information content (AvgIpc) is 3.30. The van der Waals surface area contributed by atoms with Crippen molar-refractivity contribution in [2.24, 2.45) is 11.1 Å². The minimum absolute atomic E-state index is 0.107. The molecule has 0 bridgehead atoms. The fraction of sp³-hybridized carbons (Fsp3) is 0.310. The summed E-state index contributed by atoms with van der Waals surface area (Å²) in [5, 5.41) is 11.1. The lowest BCUT2D eigenvalue weighted by Gasteiger charge is -2.23. The molecule has 1 atom stereocenters. The molecule has 9 heteroatoms. The first-order valence-corrected chi connectivity index (χ1v) is 12.4. The van der Waals surface area contributed by atoms with Crippen molar-refractivity contribution < 1.29 is 14.3 Å². The van der Waals surface area contributed by atoms with E-state index in [0.717, 1.165) is 22.1 Å². The number of rotatable bonds is 7. The molecule has 2 heterocycles. The summed E-state index contributed by atoms with van der Waals surface area (Å²) in [4.78, 5) is 32.0. The minimum Gasteiger partial charge on any atom is -0.496 e. The van der Waals surface area contributed by atoms with Gasteiger partial charge in [0.25, 0.3) is 5.91 Å². The second kappa shape index (κ2) is 10.6. The van der Waals surface area contributed by atoms with Crippen LogP contribution in [0.4, 0.5) is 5.69 Å². The van der Waals surface area contributed by atoms with E-state index in [1.54, 1.807) is 39.5 Å². The number of para-hydroxylation sites is 1. The highest BCUT2D eigenvalue weighted by molar-refractivity contribution is 6.06. The standard InChI is InChI=1S/C29H34N6O3/c1-29(2,3)15-22(30)27(36)32-23-12-11-17(13-20(23)28(37)35(4)5)18-14-21-25(33-34-26(21)31-16-18)19-9-7-8-10-24(19)38-6/h7-14,16,22H,15,30H2,1-6H3,(H,32,36)(H,31,33,34)/t22-/m1/s1. The maximum atomic E-state index is 13.1. The number of amides is 2. The molecular formula is C29H34N6O3. The maximum Gasteiger partial charge on any atom is 0.255 e. The van der Waals surface area contributed by atoms with Gasteiger partial charge in [-0.05, 0) is 47.7 Å². The van der Waals surface area contributed by atoms with Crippen molar-refractivity contribution in [3.05, 3.63) is 60.3 Å². The highest BCUT2D eigenvalue weighted by Crippen LogP contribution is 2.35. The van der Waals surface area contributed by atoms with Gasteiger partial charge in [0.2, 0.25) is 5.91 Å². The molecule has 0 aliphatic carbocycles. The van der Waals surface area contributed by atoms with Gasteiger partial charge in [0.15, 0.2) is 5.65 Å². The van der Waals surface area contributed by atoms with Gasteiger partial charge in [0.1, 0.15) is 11.4 Å². The van der Waals surface area contributed by atoms with Gasteiger partial charge >= 0.3 is 0 Å². The Morgan fingerprint density at radius 1 is 1.11 bits per heavy atom. The number of hydrogen-bond acceptors (Lipinski definition) is 6. The third kappa shape index (κ3) is 5.68. The number of nitrogens with zero attached hydrogens (tertiary/aromatic N) is 3. The third-order valence-electron chi connectivity index (χ3n) is 6.19. The van der Waals surface area contributed by atoms with E-state index >= 15 is 0 Å². The highest BCUT2D eigenvalue weighted by atomic mass is 16.5. The summed E-state index contributed by atoms with van der Waals surface area (Å²) in [5.74, 6) is 0.136. The molecule has 0 unspecified atom stereocenters. The number of methoxy groups -OCH3 is 1. The first-order valence-electron chi connectivity index (χ1n) is 12.4. The summed E-state index contributed by atoms with van der Waals surface area (Å²) in [6, 6.07) is 14.3. The summed E-state index contributed by atoms with van der Waals surface area (Å²) >= 11 is 0. The number of aromatic amines is 1. The van der Waals surface area contributed by atoms with Gasteiger partial charge in [0, 0.05) is 36.8 Å². The van der Waals surface area contributed by atoms with Crippen molar-refractivity contribution in [3.63, 3.8) is 0 Å². The first kappa shape index (κ1) is 26.8. The summed E-state index contributed by atoms with van der Waals surface area (Å²) in [6.07, 6.45) is 2.24. The van der Waals surface area contributed by atoms with Gasteiger partial charge in [-0.2, -0.15) is 5.10 Å². The summed E-state index contributed by atoms with van der Waals surface area (Å²) in [7, 11) is 4.96. The van der Waals surface area contributed by atoms with Crippen LogP contribution in [0, 0.1) is 5.41 Å². The number of hydrogen-bond donors (Lipinski definition) is 3. The van der Waals surface area contributed by atoms with E-state index < -0.39 is 6.04 Å². The van der Waals surface area contributed by atoms with Gasteiger partial charge in [-0.15, -0.1) is 0 Å². The molecule has 0 aliphatic rings. The number of carbonyl (C=O) groups excluding carboxylic acids is 2. The van der Waals surface area contributed by atoms with Crippen molar-refractivity contribution >= 4 is 28.5 Å². The van der Waals surface area contributed by atoms with Crippen molar-refractivity contribution in [1.82, 2.24) is 20.1 Å². The lowest BCUT2D eigenvalue weighted by molar-refractivity contribution is -0.118. The lowest BCUT2D eigenvalue weighted by atomic mass is 9.88. The zero-order chi connectivity index (χ0) is 27.6. The van der Waals surface area contributed by atoms with E-state index in [1.165, 1.54) is 4.90 Å². The molecule has 9 nitrogen and oxygen atoms in total. The SMILES string of the molecule is COc1ccccc1-c1n[nH]c2ncc(-c3ccc(NC(=O)[C@H](N)CC(C)(C)C)c(C(=O)N(C)C)c3)cc12. The topological polar surface area (TPSA) is 126 Å². The van der Waals surface area contributed by atoms with Gasteiger partial charge in [-0.3, -0.25) is 14.7 Å². The van der Waals surface area contributed by atoms with E-state index in [0.29, 0.717) is 34.8 Å². The Balaban J connectivity index is 1.74. The van der Waals surface area contributed by atoms with Crippen LogP contribution in [0.5, 0.6) is 5.75 Å². The van der Waals surface area contributed by atoms with Crippen molar-refractivity contribution in [2.75, 3.05) is 26.5 Å². The number of pyridine rings is 1. The highest BCUT2D eigenvalue weighted by Gasteiger charge is 2.24. The summed E-state index contributed by atoms with van der Waals surface area (Å²) in [5.41, 5.74) is 10.6. The number of ether oxygens (including phenoxy) is 1. The zero-order valence-corrected chi connectivity index (χ0v) is 22.6. The molecule has 4 aromatic rings. The third-order valence-corrected chi connectivity index (χ3v) is 6.19. The Morgan fingerprint density at radius 3 is 2.53 bits per heavy atom. The van der Waals surface area contributed by atoms with E-state index in [9.17, 15) is 9.59 Å². The summed E-state index contributed by atoms with van der Waals surface area (Å²) in [6.45, 7) is 6.08. The van der Waals surface area contributed by atoms with Gasteiger partial charge in [-0.1, -0.05) is 39.0 Å². The number of carbonyl (C=O) groups is 2.